The molecule has 1 heterocycles. The van der Waals surface area contributed by atoms with E-state index in [2.05, 4.69) is 18.2 Å². The molecule has 1 aromatic heterocycles. The standard InChI is InChI=1S/C14H13NO/c1-9-7-11-10-5-3-4-6-12(10)15(2)14(11)13(16)8-9/h3-8,16H,1-2H3. The quantitative estimate of drug-likeness (QED) is 0.606. The minimum absolute atomic E-state index is 0.355. The van der Waals surface area contributed by atoms with Gasteiger partial charge in [0.25, 0.3) is 0 Å². The Kier molecular flexibility index (Phi) is 1.75. The highest BCUT2D eigenvalue weighted by atomic mass is 16.3. The van der Waals surface area contributed by atoms with Crippen LogP contribution in [0.5, 0.6) is 5.75 Å². The molecule has 0 aliphatic carbocycles. The lowest BCUT2D eigenvalue weighted by atomic mass is 10.1. The maximum Gasteiger partial charge on any atom is 0.140 e. The van der Waals surface area contributed by atoms with Gasteiger partial charge >= 0.3 is 0 Å². The third kappa shape index (κ3) is 1.07. The molecule has 0 bridgehead atoms. The molecule has 0 aliphatic heterocycles. The predicted octanol–water partition coefficient (Wildman–Crippen LogP) is 3.35. The summed E-state index contributed by atoms with van der Waals surface area (Å²) in [7, 11) is 1.99. The van der Waals surface area contributed by atoms with Crippen LogP contribution in [0.1, 0.15) is 5.56 Å². The van der Waals surface area contributed by atoms with Crippen molar-refractivity contribution in [3.8, 4) is 5.75 Å². The molecular weight excluding hydrogens is 198 g/mol. The van der Waals surface area contributed by atoms with Gasteiger partial charge in [0.05, 0.1) is 5.52 Å². The van der Waals surface area contributed by atoms with E-state index in [0.717, 1.165) is 22.0 Å². The molecule has 80 valence electrons. The molecule has 0 radical (unpaired) electrons. The van der Waals surface area contributed by atoms with Crippen molar-refractivity contribution in [3.05, 3.63) is 42.0 Å². The number of benzene rings is 2. The van der Waals surface area contributed by atoms with Crippen LogP contribution in [-0.2, 0) is 7.05 Å². The van der Waals surface area contributed by atoms with Crippen LogP contribution in [0.25, 0.3) is 21.8 Å². The zero-order valence-corrected chi connectivity index (χ0v) is 9.36. The lowest BCUT2D eigenvalue weighted by Crippen LogP contribution is -1.86. The predicted molar refractivity (Wildman–Crippen MR) is 66.8 cm³/mol. The van der Waals surface area contributed by atoms with Gasteiger partial charge in [0, 0.05) is 23.3 Å². The number of para-hydroxylation sites is 1. The van der Waals surface area contributed by atoms with E-state index in [1.807, 2.05) is 30.7 Å². The summed E-state index contributed by atoms with van der Waals surface area (Å²) in [5.74, 6) is 0.355. The second kappa shape index (κ2) is 3.01. The van der Waals surface area contributed by atoms with Gasteiger partial charge in [-0.1, -0.05) is 18.2 Å². The van der Waals surface area contributed by atoms with Crippen molar-refractivity contribution < 1.29 is 5.11 Å². The van der Waals surface area contributed by atoms with Crippen molar-refractivity contribution in [2.75, 3.05) is 0 Å². The Morgan fingerprint density at radius 3 is 2.62 bits per heavy atom. The highest BCUT2D eigenvalue weighted by Crippen LogP contribution is 2.34. The Morgan fingerprint density at radius 1 is 1.06 bits per heavy atom. The topological polar surface area (TPSA) is 25.2 Å². The molecule has 0 saturated heterocycles. The maximum atomic E-state index is 10.0. The van der Waals surface area contributed by atoms with E-state index in [9.17, 15) is 5.11 Å². The largest absolute Gasteiger partial charge is 0.506 e. The third-order valence-electron chi connectivity index (χ3n) is 3.13. The summed E-state index contributed by atoms with van der Waals surface area (Å²) in [6.45, 7) is 2.00. The summed E-state index contributed by atoms with van der Waals surface area (Å²) < 4.78 is 2.04. The Labute approximate surface area is 93.7 Å². The van der Waals surface area contributed by atoms with E-state index in [0.29, 0.717) is 5.75 Å². The van der Waals surface area contributed by atoms with Crippen molar-refractivity contribution in [2.45, 2.75) is 6.92 Å². The van der Waals surface area contributed by atoms with Crippen LogP contribution in [0.2, 0.25) is 0 Å². The zero-order valence-electron chi connectivity index (χ0n) is 9.36. The molecule has 0 unspecified atom stereocenters. The molecule has 0 aliphatic rings. The van der Waals surface area contributed by atoms with Gasteiger partial charge in [-0.25, -0.2) is 0 Å². The highest BCUT2D eigenvalue weighted by molar-refractivity contribution is 6.10. The van der Waals surface area contributed by atoms with E-state index in [-0.39, 0.29) is 0 Å². The first-order valence-corrected chi connectivity index (χ1v) is 5.35. The van der Waals surface area contributed by atoms with Crippen LogP contribution in [0.4, 0.5) is 0 Å². The van der Waals surface area contributed by atoms with E-state index >= 15 is 0 Å². The highest BCUT2D eigenvalue weighted by Gasteiger charge is 2.11. The average Bonchev–Trinajstić information content (AvgIpc) is 2.54. The first-order chi connectivity index (χ1) is 7.68. The summed E-state index contributed by atoms with van der Waals surface area (Å²) >= 11 is 0. The molecule has 0 fully saturated rings. The Morgan fingerprint density at radius 2 is 1.81 bits per heavy atom. The molecular formula is C14H13NO. The van der Waals surface area contributed by atoms with Crippen LogP contribution in [0.15, 0.2) is 36.4 Å². The van der Waals surface area contributed by atoms with Crippen molar-refractivity contribution >= 4 is 21.8 Å². The molecule has 1 N–H and O–H groups in total. The van der Waals surface area contributed by atoms with Gasteiger partial charge in [0.2, 0.25) is 0 Å². The fourth-order valence-corrected chi connectivity index (χ4v) is 2.43. The van der Waals surface area contributed by atoms with Crippen LogP contribution in [0, 0.1) is 6.92 Å². The van der Waals surface area contributed by atoms with E-state index in [1.165, 1.54) is 5.39 Å². The monoisotopic (exact) mass is 211 g/mol. The summed E-state index contributed by atoms with van der Waals surface area (Å²) in [4.78, 5) is 0. The molecule has 0 saturated carbocycles. The minimum Gasteiger partial charge on any atom is -0.506 e. The molecule has 3 aromatic rings. The van der Waals surface area contributed by atoms with Crippen molar-refractivity contribution in [2.24, 2.45) is 7.05 Å². The number of phenolic OH excluding ortho intramolecular Hbond substituents is 1. The van der Waals surface area contributed by atoms with Gasteiger partial charge < -0.3 is 9.67 Å². The van der Waals surface area contributed by atoms with Gasteiger partial charge in [-0.3, -0.25) is 0 Å². The SMILES string of the molecule is Cc1cc(O)c2c(c1)c1ccccc1n2C. The lowest BCUT2D eigenvalue weighted by molar-refractivity contribution is 0.478. The molecule has 2 nitrogen and oxygen atoms in total. The fourth-order valence-electron chi connectivity index (χ4n) is 2.43. The number of nitrogens with zero attached hydrogens (tertiary/aromatic N) is 1. The number of aromatic nitrogens is 1. The number of fused-ring (bicyclic) bond motifs is 3. The molecule has 0 amide bonds. The van der Waals surface area contributed by atoms with Crippen LogP contribution < -0.4 is 0 Å². The van der Waals surface area contributed by atoms with Crippen LogP contribution in [0.3, 0.4) is 0 Å². The molecule has 3 rings (SSSR count). The number of hydrogen-bond acceptors (Lipinski definition) is 1. The number of rotatable bonds is 0. The lowest BCUT2D eigenvalue weighted by Gasteiger charge is -2.01. The number of aromatic hydroxyl groups is 1. The first kappa shape index (κ1) is 9.28. The maximum absolute atomic E-state index is 10.0. The van der Waals surface area contributed by atoms with E-state index < -0.39 is 0 Å². The average molecular weight is 211 g/mol. The van der Waals surface area contributed by atoms with Crippen molar-refractivity contribution in [1.82, 2.24) is 4.57 Å². The van der Waals surface area contributed by atoms with Gasteiger partial charge in [0.1, 0.15) is 5.75 Å². The number of hydrogen-bond donors (Lipinski definition) is 1. The third-order valence-corrected chi connectivity index (χ3v) is 3.13. The minimum atomic E-state index is 0.355. The van der Waals surface area contributed by atoms with Crippen LogP contribution >= 0.6 is 0 Å². The molecule has 16 heavy (non-hydrogen) atoms. The summed E-state index contributed by atoms with van der Waals surface area (Å²) in [6.07, 6.45) is 0. The van der Waals surface area contributed by atoms with Gasteiger partial charge in [0.15, 0.2) is 0 Å². The van der Waals surface area contributed by atoms with Gasteiger partial charge in [-0.2, -0.15) is 0 Å². The Bertz CT molecular complexity index is 695. The van der Waals surface area contributed by atoms with E-state index in [1.54, 1.807) is 6.07 Å². The summed E-state index contributed by atoms with van der Waals surface area (Å²) in [5, 5.41) is 12.3. The first-order valence-electron chi connectivity index (χ1n) is 5.35. The molecule has 2 heteroatoms. The van der Waals surface area contributed by atoms with E-state index in [4.69, 9.17) is 0 Å². The van der Waals surface area contributed by atoms with Crippen LogP contribution in [-0.4, -0.2) is 9.67 Å². The summed E-state index contributed by atoms with van der Waals surface area (Å²) in [6, 6.07) is 12.1. The second-order valence-corrected chi connectivity index (χ2v) is 4.26. The normalized spacial score (nSPS) is 11.4. The summed E-state index contributed by atoms with van der Waals surface area (Å²) in [5.41, 5.74) is 3.14. The second-order valence-electron chi connectivity index (χ2n) is 4.26. The van der Waals surface area contributed by atoms with Gasteiger partial charge in [-0.15, -0.1) is 0 Å². The van der Waals surface area contributed by atoms with Crippen molar-refractivity contribution in [3.63, 3.8) is 0 Å². The number of aryl methyl sites for hydroxylation is 2. The molecule has 0 atom stereocenters. The van der Waals surface area contributed by atoms with Gasteiger partial charge in [-0.05, 0) is 30.7 Å². The van der Waals surface area contributed by atoms with Crippen molar-refractivity contribution in [1.29, 1.82) is 0 Å². The Hall–Kier alpha value is -1.96. The smallest absolute Gasteiger partial charge is 0.140 e. The fraction of sp³-hybridized carbons (Fsp3) is 0.143. The number of phenols is 1. The molecule has 2 aromatic carbocycles. The zero-order chi connectivity index (χ0) is 11.3. The Balaban J connectivity index is 2.67. The molecule has 0 spiro atoms.